The minimum Gasteiger partial charge on any atom is -0.360 e. The first-order chi connectivity index (χ1) is 7.74. The third-order valence-electron chi connectivity index (χ3n) is 3.12. The van der Waals surface area contributed by atoms with E-state index in [4.69, 9.17) is 11.6 Å². The van der Waals surface area contributed by atoms with Crippen molar-refractivity contribution >= 4 is 28.3 Å². The highest BCUT2D eigenvalue weighted by molar-refractivity contribution is 6.31. The minimum atomic E-state index is 0.232. The van der Waals surface area contributed by atoms with Crippen LogP contribution in [-0.2, 0) is 0 Å². The fourth-order valence-corrected chi connectivity index (χ4v) is 2.19. The number of Topliss-reactive ketones (excluding diaryl/α,β-unsaturated/α-hetero) is 1. The summed E-state index contributed by atoms with van der Waals surface area (Å²) in [6, 6.07) is 5.59. The van der Waals surface area contributed by atoms with Crippen molar-refractivity contribution in [2.24, 2.45) is 5.92 Å². The van der Waals surface area contributed by atoms with Gasteiger partial charge < -0.3 is 4.98 Å². The molecule has 1 aromatic heterocycles. The summed E-state index contributed by atoms with van der Waals surface area (Å²) in [6.45, 7) is 0. The fraction of sp³-hybridized carbons (Fsp3) is 0.308. The van der Waals surface area contributed by atoms with Crippen LogP contribution >= 0.6 is 11.6 Å². The molecule has 0 unspecified atom stereocenters. The quantitative estimate of drug-likeness (QED) is 0.804. The molecule has 3 heteroatoms. The highest BCUT2D eigenvalue weighted by atomic mass is 35.5. The van der Waals surface area contributed by atoms with Gasteiger partial charge in [-0.1, -0.05) is 11.6 Å². The topological polar surface area (TPSA) is 32.9 Å². The molecular weight excluding hydrogens is 222 g/mol. The second kappa shape index (κ2) is 3.63. The predicted octanol–water partition coefficient (Wildman–Crippen LogP) is 3.80. The summed E-state index contributed by atoms with van der Waals surface area (Å²) >= 11 is 5.95. The molecule has 16 heavy (non-hydrogen) atoms. The second-order valence-corrected chi connectivity index (χ2v) is 4.90. The number of aromatic nitrogens is 1. The zero-order valence-electron chi connectivity index (χ0n) is 8.79. The smallest absolute Gasteiger partial charge is 0.165 e. The van der Waals surface area contributed by atoms with E-state index < -0.39 is 0 Å². The summed E-state index contributed by atoms with van der Waals surface area (Å²) in [5.74, 6) is 0.854. The summed E-state index contributed by atoms with van der Waals surface area (Å²) < 4.78 is 0. The maximum absolute atomic E-state index is 12.0. The van der Waals surface area contributed by atoms with Gasteiger partial charge in [0.1, 0.15) is 0 Å². The number of hydrogen-bond donors (Lipinski definition) is 1. The Hall–Kier alpha value is -1.28. The summed E-state index contributed by atoms with van der Waals surface area (Å²) in [5.41, 5.74) is 1.76. The van der Waals surface area contributed by atoms with Crippen LogP contribution in [0.25, 0.3) is 10.9 Å². The number of ketones is 1. The van der Waals surface area contributed by atoms with E-state index in [1.54, 1.807) is 6.20 Å². The maximum atomic E-state index is 12.0. The van der Waals surface area contributed by atoms with Gasteiger partial charge in [0, 0.05) is 34.1 Å². The van der Waals surface area contributed by atoms with E-state index in [0.717, 1.165) is 16.5 Å². The molecule has 1 fully saturated rings. The van der Waals surface area contributed by atoms with Gasteiger partial charge in [-0.05, 0) is 37.0 Å². The van der Waals surface area contributed by atoms with E-state index in [0.29, 0.717) is 17.4 Å². The average Bonchev–Trinajstić information content (AvgIpc) is 2.96. The van der Waals surface area contributed by atoms with Crippen molar-refractivity contribution in [1.29, 1.82) is 0 Å². The first kappa shape index (κ1) is 9.91. The number of H-pyrrole nitrogens is 1. The van der Waals surface area contributed by atoms with E-state index in [-0.39, 0.29) is 5.78 Å². The van der Waals surface area contributed by atoms with Gasteiger partial charge in [0.25, 0.3) is 0 Å². The lowest BCUT2D eigenvalue weighted by Crippen LogP contribution is -1.98. The number of carbonyl (C=O) groups is 1. The van der Waals surface area contributed by atoms with Gasteiger partial charge in [-0.25, -0.2) is 0 Å². The number of hydrogen-bond acceptors (Lipinski definition) is 1. The first-order valence-corrected chi connectivity index (χ1v) is 5.91. The highest BCUT2D eigenvalue weighted by Crippen LogP contribution is 2.34. The Labute approximate surface area is 98.6 Å². The van der Waals surface area contributed by atoms with Crippen LogP contribution in [0.3, 0.4) is 0 Å². The van der Waals surface area contributed by atoms with Gasteiger partial charge in [-0.15, -0.1) is 0 Å². The van der Waals surface area contributed by atoms with Gasteiger partial charge in [-0.3, -0.25) is 4.79 Å². The van der Waals surface area contributed by atoms with Gasteiger partial charge in [0.05, 0.1) is 0 Å². The van der Waals surface area contributed by atoms with Crippen molar-refractivity contribution in [3.63, 3.8) is 0 Å². The fourth-order valence-electron chi connectivity index (χ4n) is 2.02. The molecule has 0 bridgehead atoms. The molecule has 1 aliphatic rings. The predicted molar refractivity (Wildman–Crippen MR) is 65.0 cm³/mol. The van der Waals surface area contributed by atoms with Crippen LogP contribution < -0.4 is 0 Å². The van der Waals surface area contributed by atoms with Crippen LogP contribution in [0.15, 0.2) is 24.4 Å². The number of fused-ring (bicyclic) bond motifs is 1. The summed E-state index contributed by atoms with van der Waals surface area (Å²) in [6.07, 6.45) is 4.88. The third kappa shape index (κ3) is 1.74. The Bertz CT molecular complexity index is 554. The molecule has 2 nitrogen and oxygen atoms in total. The van der Waals surface area contributed by atoms with E-state index in [9.17, 15) is 4.79 Å². The van der Waals surface area contributed by atoms with Crippen molar-refractivity contribution in [3.05, 3.63) is 35.0 Å². The zero-order chi connectivity index (χ0) is 11.1. The SMILES string of the molecule is O=C(CC1CC1)c1c[nH]c2ccc(Cl)cc12. The number of rotatable bonds is 3. The molecule has 0 amide bonds. The Balaban J connectivity index is 2.01. The number of carbonyl (C=O) groups excluding carboxylic acids is 1. The van der Waals surface area contributed by atoms with Crippen LogP contribution in [0.5, 0.6) is 0 Å². The van der Waals surface area contributed by atoms with Crippen LogP contribution in [0, 0.1) is 5.92 Å². The summed E-state index contributed by atoms with van der Waals surface area (Å²) in [5, 5.41) is 1.62. The minimum absolute atomic E-state index is 0.232. The molecular formula is C13H12ClNO. The molecule has 3 rings (SSSR count). The van der Waals surface area contributed by atoms with Crippen molar-refractivity contribution < 1.29 is 4.79 Å². The average molecular weight is 234 g/mol. The Morgan fingerprint density at radius 2 is 2.25 bits per heavy atom. The number of halogens is 1. The molecule has 0 atom stereocenters. The summed E-state index contributed by atoms with van der Waals surface area (Å²) in [4.78, 5) is 15.1. The highest BCUT2D eigenvalue weighted by Gasteiger charge is 2.25. The first-order valence-electron chi connectivity index (χ1n) is 5.54. The third-order valence-corrected chi connectivity index (χ3v) is 3.35. The van der Waals surface area contributed by atoms with Crippen molar-refractivity contribution in [2.75, 3.05) is 0 Å². The number of nitrogens with one attached hydrogen (secondary N) is 1. The van der Waals surface area contributed by atoms with E-state index in [1.807, 2.05) is 18.2 Å². The van der Waals surface area contributed by atoms with E-state index in [2.05, 4.69) is 4.98 Å². The molecule has 1 heterocycles. The molecule has 0 spiro atoms. The number of benzene rings is 1. The van der Waals surface area contributed by atoms with Gasteiger partial charge in [0.15, 0.2) is 5.78 Å². The summed E-state index contributed by atoms with van der Waals surface area (Å²) in [7, 11) is 0. The van der Waals surface area contributed by atoms with Crippen LogP contribution in [0.4, 0.5) is 0 Å². The molecule has 2 aromatic rings. The lowest BCUT2D eigenvalue weighted by atomic mass is 10.1. The standard InChI is InChI=1S/C13H12ClNO/c14-9-3-4-12-10(6-9)11(7-15-12)13(16)5-8-1-2-8/h3-4,6-8,15H,1-2,5H2. The van der Waals surface area contributed by atoms with Crippen molar-refractivity contribution in [3.8, 4) is 0 Å². The van der Waals surface area contributed by atoms with Gasteiger partial charge in [-0.2, -0.15) is 0 Å². The molecule has 82 valence electrons. The van der Waals surface area contributed by atoms with Gasteiger partial charge >= 0.3 is 0 Å². The molecule has 1 aromatic carbocycles. The van der Waals surface area contributed by atoms with Crippen LogP contribution in [0.2, 0.25) is 5.02 Å². The lowest BCUT2D eigenvalue weighted by molar-refractivity contribution is 0.0978. The molecule has 0 saturated heterocycles. The second-order valence-electron chi connectivity index (χ2n) is 4.46. The van der Waals surface area contributed by atoms with Crippen LogP contribution in [-0.4, -0.2) is 10.8 Å². The molecule has 0 radical (unpaired) electrons. The Morgan fingerprint density at radius 3 is 3.00 bits per heavy atom. The lowest BCUT2D eigenvalue weighted by Gasteiger charge is -1.98. The van der Waals surface area contributed by atoms with Gasteiger partial charge in [0.2, 0.25) is 0 Å². The van der Waals surface area contributed by atoms with Crippen molar-refractivity contribution in [1.82, 2.24) is 4.98 Å². The van der Waals surface area contributed by atoms with E-state index in [1.165, 1.54) is 12.8 Å². The molecule has 1 saturated carbocycles. The monoisotopic (exact) mass is 233 g/mol. The molecule has 1 aliphatic carbocycles. The zero-order valence-corrected chi connectivity index (χ0v) is 9.55. The number of aromatic amines is 1. The van der Waals surface area contributed by atoms with Crippen molar-refractivity contribution in [2.45, 2.75) is 19.3 Å². The molecule has 1 N–H and O–H groups in total. The maximum Gasteiger partial charge on any atom is 0.165 e. The largest absolute Gasteiger partial charge is 0.360 e. The molecule has 0 aliphatic heterocycles. The Kier molecular flexibility index (Phi) is 2.25. The van der Waals surface area contributed by atoms with E-state index >= 15 is 0 Å². The normalized spacial score (nSPS) is 15.6. The van der Waals surface area contributed by atoms with Crippen LogP contribution in [0.1, 0.15) is 29.6 Å². The Morgan fingerprint density at radius 1 is 1.44 bits per heavy atom.